The Hall–Kier alpha value is -2.17. The van der Waals surface area contributed by atoms with Crippen LogP contribution in [0.25, 0.3) is 0 Å². The van der Waals surface area contributed by atoms with Crippen LogP contribution in [0.15, 0.2) is 54.6 Å². The van der Waals surface area contributed by atoms with E-state index in [1.165, 1.54) is 0 Å². The molecule has 1 N–H and O–H groups in total. The van der Waals surface area contributed by atoms with Crippen molar-refractivity contribution < 1.29 is 14.6 Å². The molecule has 1 saturated carbocycles. The Kier molecular flexibility index (Phi) is 4.55. The first kappa shape index (κ1) is 17.3. The molecule has 136 valence electrons. The SMILES string of the molecule is COc1ccc(C(=O)CN2C[C@@H]3CC(O)(c4ccccc4)C[C@@H]3C2)cc1. The molecule has 0 aromatic heterocycles. The van der Waals surface area contributed by atoms with E-state index < -0.39 is 5.60 Å². The second-order valence-electron chi connectivity index (χ2n) is 7.67. The fourth-order valence-electron chi connectivity index (χ4n) is 4.63. The topological polar surface area (TPSA) is 49.8 Å². The van der Waals surface area contributed by atoms with Crippen LogP contribution in [0, 0.1) is 11.8 Å². The van der Waals surface area contributed by atoms with Crippen LogP contribution in [0.5, 0.6) is 5.75 Å². The highest BCUT2D eigenvalue weighted by Crippen LogP contribution is 2.48. The number of methoxy groups -OCH3 is 1. The third-order valence-corrected chi connectivity index (χ3v) is 5.94. The Balaban J connectivity index is 1.36. The second-order valence-corrected chi connectivity index (χ2v) is 7.67. The minimum absolute atomic E-state index is 0.144. The van der Waals surface area contributed by atoms with Gasteiger partial charge < -0.3 is 9.84 Å². The van der Waals surface area contributed by atoms with Crippen molar-refractivity contribution in [1.29, 1.82) is 0 Å². The van der Waals surface area contributed by atoms with Gasteiger partial charge in [0.25, 0.3) is 0 Å². The highest BCUT2D eigenvalue weighted by molar-refractivity contribution is 5.97. The first-order valence-electron chi connectivity index (χ1n) is 9.25. The van der Waals surface area contributed by atoms with E-state index >= 15 is 0 Å². The van der Waals surface area contributed by atoms with E-state index in [1.54, 1.807) is 7.11 Å². The van der Waals surface area contributed by atoms with Crippen LogP contribution in [0.3, 0.4) is 0 Å². The summed E-state index contributed by atoms with van der Waals surface area (Å²) in [5.74, 6) is 1.83. The number of aliphatic hydroxyl groups is 1. The van der Waals surface area contributed by atoms with Crippen LogP contribution in [0.1, 0.15) is 28.8 Å². The van der Waals surface area contributed by atoms with Crippen molar-refractivity contribution in [2.45, 2.75) is 18.4 Å². The Labute approximate surface area is 154 Å². The standard InChI is InChI=1S/C22H25NO3/c1-26-20-9-7-16(8-10-20)21(24)15-23-13-17-11-22(25,12-18(17)14-23)19-5-3-2-4-6-19/h2-10,17-18,25H,11-15H2,1H3/t17-,18+,22?. The van der Waals surface area contributed by atoms with Crippen molar-refractivity contribution >= 4 is 5.78 Å². The smallest absolute Gasteiger partial charge is 0.176 e. The average molecular weight is 351 g/mol. The van der Waals surface area contributed by atoms with E-state index in [4.69, 9.17) is 4.74 Å². The number of nitrogens with zero attached hydrogens (tertiary/aromatic N) is 1. The summed E-state index contributed by atoms with van der Waals surface area (Å²) in [4.78, 5) is 14.8. The number of likely N-dealkylation sites (tertiary alicyclic amines) is 1. The molecule has 0 radical (unpaired) electrons. The number of carbonyl (C=O) groups excluding carboxylic acids is 1. The molecule has 1 heterocycles. The Morgan fingerprint density at radius 3 is 2.27 bits per heavy atom. The maximum absolute atomic E-state index is 12.5. The molecule has 4 heteroatoms. The largest absolute Gasteiger partial charge is 0.497 e. The lowest BCUT2D eigenvalue weighted by atomic mass is 9.90. The van der Waals surface area contributed by atoms with Gasteiger partial charge in [-0.15, -0.1) is 0 Å². The van der Waals surface area contributed by atoms with Crippen LogP contribution in [-0.4, -0.2) is 42.5 Å². The summed E-state index contributed by atoms with van der Waals surface area (Å²) in [6.07, 6.45) is 1.57. The summed E-state index contributed by atoms with van der Waals surface area (Å²) < 4.78 is 5.14. The van der Waals surface area contributed by atoms with Gasteiger partial charge in [-0.2, -0.15) is 0 Å². The van der Waals surface area contributed by atoms with Gasteiger partial charge in [-0.3, -0.25) is 9.69 Å². The van der Waals surface area contributed by atoms with Crippen LogP contribution < -0.4 is 4.74 Å². The summed E-state index contributed by atoms with van der Waals surface area (Å²) in [7, 11) is 1.62. The Morgan fingerprint density at radius 1 is 1.08 bits per heavy atom. The predicted octanol–water partition coefficient (Wildman–Crippen LogP) is 3.11. The third-order valence-electron chi connectivity index (χ3n) is 5.94. The number of rotatable bonds is 5. The van der Waals surface area contributed by atoms with E-state index in [0.29, 0.717) is 18.4 Å². The molecular weight excluding hydrogens is 326 g/mol. The van der Waals surface area contributed by atoms with E-state index in [2.05, 4.69) is 4.90 Å². The lowest BCUT2D eigenvalue weighted by Crippen LogP contribution is -2.31. The Morgan fingerprint density at radius 2 is 1.69 bits per heavy atom. The van der Waals surface area contributed by atoms with Crippen molar-refractivity contribution in [2.24, 2.45) is 11.8 Å². The summed E-state index contributed by atoms with van der Waals surface area (Å²) >= 11 is 0. The van der Waals surface area contributed by atoms with Crippen molar-refractivity contribution in [3.05, 3.63) is 65.7 Å². The lowest BCUT2D eigenvalue weighted by molar-refractivity contribution is 0.0315. The molecule has 2 aromatic carbocycles. The van der Waals surface area contributed by atoms with E-state index in [1.807, 2.05) is 54.6 Å². The number of hydrogen-bond acceptors (Lipinski definition) is 4. The molecule has 2 fully saturated rings. The molecule has 1 aliphatic carbocycles. The minimum Gasteiger partial charge on any atom is -0.497 e. The van der Waals surface area contributed by atoms with E-state index in [9.17, 15) is 9.90 Å². The van der Waals surface area contributed by atoms with Gasteiger partial charge in [0, 0.05) is 18.7 Å². The molecule has 1 saturated heterocycles. The molecule has 4 nitrogen and oxygen atoms in total. The zero-order chi connectivity index (χ0) is 18.1. The number of hydrogen-bond donors (Lipinski definition) is 1. The summed E-state index contributed by atoms with van der Waals surface area (Å²) in [5, 5.41) is 11.1. The molecule has 3 atom stereocenters. The van der Waals surface area contributed by atoms with Crippen LogP contribution in [0.4, 0.5) is 0 Å². The second kappa shape index (κ2) is 6.86. The van der Waals surface area contributed by atoms with Gasteiger partial charge in [0.15, 0.2) is 5.78 Å². The summed E-state index contributed by atoms with van der Waals surface area (Å²) in [6, 6.07) is 17.3. The number of ketones is 1. The number of benzene rings is 2. The van der Waals surface area contributed by atoms with Gasteiger partial charge in [-0.1, -0.05) is 30.3 Å². The first-order valence-corrected chi connectivity index (χ1v) is 9.25. The quantitative estimate of drug-likeness (QED) is 0.841. The summed E-state index contributed by atoms with van der Waals surface area (Å²) in [6.45, 7) is 2.23. The van der Waals surface area contributed by atoms with Crippen LogP contribution >= 0.6 is 0 Å². The molecule has 0 spiro atoms. The minimum atomic E-state index is -0.706. The maximum Gasteiger partial charge on any atom is 0.176 e. The molecule has 0 bridgehead atoms. The molecule has 2 aliphatic rings. The van der Waals surface area contributed by atoms with Gasteiger partial charge in [-0.05, 0) is 54.5 Å². The fraction of sp³-hybridized carbons (Fsp3) is 0.409. The van der Waals surface area contributed by atoms with Gasteiger partial charge in [0.05, 0.1) is 19.3 Å². The molecule has 4 rings (SSSR count). The molecule has 1 aliphatic heterocycles. The number of carbonyl (C=O) groups is 1. The normalized spacial score (nSPS) is 28.1. The van der Waals surface area contributed by atoms with E-state index in [-0.39, 0.29) is 5.78 Å². The number of ether oxygens (including phenoxy) is 1. The average Bonchev–Trinajstić information content (AvgIpc) is 3.17. The van der Waals surface area contributed by atoms with Crippen molar-refractivity contribution in [3.63, 3.8) is 0 Å². The molecule has 1 unspecified atom stereocenters. The van der Waals surface area contributed by atoms with Gasteiger partial charge in [-0.25, -0.2) is 0 Å². The maximum atomic E-state index is 12.5. The van der Waals surface area contributed by atoms with Crippen LogP contribution in [-0.2, 0) is 5.60 Å². The predicted molar refractivity (Wildman–Crippen MR) is 100 cm³/mol. The third kappa shape index (κ3) is 3.27. The monoisotopic (exact) mass is 351 g/mol. The van der Waals surface area contributed by atoms with Crippen LogP contribution in [0.2, 0.25) is 0 Å². The fourth-order valence-corrected chi connectivity index (χ4v) is 4.63. The molecule has 2 aromatic rings. The zero-order valence-corrected chi connectivity index (χ0v) is 15.1. The number of fused-ring (bicyclic) bond motifs is 1. The van der Waals surface area contributed by atoms with Gasteiger partial charge in [0.2, 0.25) is 0 Å². The molecular formula is C22H25NO3. The van der Waals surface area contributed by atoms with Gasteiger partial charge in [0.1, 0.15) is 5.75 Å². The highest BCUT2D eigenvalue weighted by atomic mass is 16.5. The van der Waals surface area contributed by atoms with E-state index in [0.717, 1.165) is 42.8 Å². The van der Waals surface area contributed by atoms with Gasteiger partial charge >= 0.3 is 0 Å². The highest BCUT2D eigenvalue weighted by Gasteiger charge is 2.49. The zero-order valence-electron chi connectivity index (χ0n) is 15.1. The van der Waals surface area contributed by atoms with Crippen molar-refractivity contribution in [1.82, 2.24) is 4.90 Å². The lowest BCUT2D eigenvalue weighted by Gasteiger charge is -2.26. The number of Topliss-reactive ketones (excluding diaryl/α,β-unsaturated/α-hetero) is 1. The summed E-state index contributed by atoms with van der Waals surface area (Å²) in [5.41, 5.74) is 1.04. The van der Waals surface area contributed by atoms with Crippen molar-refractivity contribution in [2.75, 3.05) is 26.7 Å². The molecule has 0 amide bonds. The van der Waals surface area contributed by atoms with Crippen molar-refractivity contribution in [3.8, 4) is 5.75 Å². The Bertz CT molecular complexity index is 758. The molecule has 26 heavy (non-hydrogen) atoms. The first-order chi connectivity index (χ1) is 12.6.